The minimum atomic E-state index is -0.000115. The number of hydrogen-bond acceptors (Lipinski definition) is 2. The molecule has 0 aliphatic carbocycles. The molecule has 2 rings (SSSR count). The van der Waals surface area contributed by atoms with E-state index in [2.05, 4.69) is 40.1 Å². The van der Waals surface area contributed by atoms with Crippen molar-refractivity contribution in [3.05, 3.63) is 51.3 Å². The van der Waals surface area contributed by atoms with Crippen LogP contribution in [0, 0.1) is 13.8 Å². The van der Waals surface area contributed by atoms with Gasteiger partial charge in [-0.15, -0.1) is 0 Å². The van der Waals surface area contributed by atoms with E-state index in [9.17, 15) is 0 Å². The zero-order valence-corrected chi connectivity index (χ0v) is 12.5. The molecular formula is C14H18BrN3. The zero-order valence-electron chi connectivity index (χ0n) is 10.9. The fourth-order valence-electron chi connectivity index (χ4n) is 2.30. The second-order valence-corrected chi connectivity index (χ2v) is 5.56. The molecule has 1 aromatic heterocycles. The summed E-state index contributed by atoms with van der Waals surface area (Å²) in [6.45, 7) is 4.08. The minimum absolute atomic E-state index is 0.000115. The van der Waals surface area contributed by atoms with E-state index in [1.807, 2.05) is 30.8 Å². The molecule has 3 nitrogen and oxygen atoms in total. The van der Waals surface area contributed by atoms with E-state index in [1.54, 1.807) is 0 Å². The Balaban J connectivity index is 2.21. The molecule has 1 unspecified atom stereocenters. The minimum Gasteiger partial charge on any atom is -0.324 e. The van der Waals surface area contributed by atoms with E-state index < -0.39 is 0 Å². The summed E-state index contributed by atoms with van der Waals surface area (Å²) in [5.74, 6) is 0. The molecule has 0 fully saturated rings. The Morgan fingerprint density at radius 2 is 1.89 bits per heavy atom. The summed E-state index contributed by atoms with van der Waals surface area (Å²) in [5.41, 5.74) is 10.9. The summed E-state index contributed by atoms with van der Waals surface area (Å²) in [7, 11) is 1.96. The Morgan fingerprint density at radius 1 is 1.28 bits per heavy atom. The molecule has 1 heterocycles. The van der Waals surface area contributed by atoms with Crippen molar-refractivity contribution in [1.29, 1.82) is 0 Å². The Bertz CT molecular complexity index is 543. The lowest BCUT2D eigenvalue weighted by Crippen LogP contribution is -2.15. The number of aryl methyl sites for hydroxylation is 2. The average Bonchev–Trinajstić information content (AvgIpc) is 2.56. The highest BCUT2D eigenvalue weighted by Gasteiger charge is 2.16. The van der Waals surface area contributed by atoms with Gasteiger partial charge in [-0.3, -0.25) is 4.68 Å². The molecule has 2 aromatic rings. The van der Waals surface area contributed by atoms with Crippen LogP contribution in [0.3, 0.4) is 0 Å². The van der Waals surface area contributed by atoms with Gasteiger partial charge in [0.05, 0.1) is 5.69 Å². The number of nitrogens with zero attached hydrogens (tertiary/aromatic N) is 2. The summed E-state index contributed by atoms with van der Waals surface area (Å²) in [6.07, 6.45) is 0.834. The van der Waals surface area contributed by atoms with Crippen molar-refractivity contribution < 1.29 is 0 Å². The van der Waals surface area contributed by atoms with Crippen LogP contribution in [-0.4, -0.2) is 9.78 Å². The first-order valence-corrected chi connectivity index (χ1v) is 6.78. The van der Waals surface area contributed by atoms with Crippen LogP contribution in [0.1, 0.15) is 28.6 Å². The van der Waals surface area contributed by atoms with Crippen molar-refractivity contribution >= 4 is 15.9 Å². The monoisotopic (exact) mass is 307 g/mol. The highest BCUT2D eigenvalue weighted by molar-refractivity contribution is 9.10. The Kier molecular flexibility index (Phi) is 3.88. The Labute approximate surface area is 116 Å². The van der Waals surface area contributed by atoms with E-state index in [0.717, 1.165) is 22.3 Å². The van der Waals surface area contributed by atoms with Gasteiger partial charge in [0, 0.05) is 28.8 Å². The average molecular weight is 308 g/mol. The summed E-state index contributed by atoms with van der Waals surface area (Å²) in [4.78, 5) is 0. The van der Waals surface area contributed by atoms with Gasteiger partial charge in [-0.05, 0) is 38.0 Å². The van der Waals surface area contributed by atoms with Crippen LogP contribution in [0.5, 0.6) is 0 Å². The maximum atomic E-state index is 6.32. The number of benzene rings is 1. The fraction of sp³-hybridized carbons (Fsp3) is 0.357. The normalized spacial score (nSPS) is 12.7. The number of hydrogen-bond donors (Lipinski definition) is 1. The van der Waals surface area contributed by atoms with Crippen LogP contribution in [-0.2, 0) is 13.5 Å². The predicted octanol–water partition coefficient (Wildman–Crippen LogP) is 3.04. The largest absolute Gasteiger partial charge is 0.324 e. The molecule has 0 saturated carbocycles. The first-order valence-electron chi connectivity index (χ1n) is 5.99. The van der Waals surface area contributed by atoms with Gasteiger partial charge in [0.1, 0.15) is 0 Å². The molecule has 0 bridgehead atoms. The Morgan fingerprint density at radius 3 is 2.39 bits per heavy atom. The lowest BCUT2D eigenvalue weighted by atomic mass is 9.98. The summed E-state index contributed by atoms with van der Waals surface area (Å²) in [5, 5.41) is 4.42. The van der Waals surface area contributed by atoms with Crippen molar-refractivity contribution in [2.75, 3.05) is 0 Å². The van der Waals surface area contributed by atoms with Crippen molar-refractivity contribution in [1.82, 2.24) is 9.78 Å². The fourth-order valence-corrected chi connectivity index (χ4v) is 2.57. The molecule has 0 saturated heterocycles. The molecule has 96 valence electrons. The van der Waals surface area contributed by atoms with Gasteiger partial charge in [0.2, 0.25) is 0 Å². The van der Waals surface area contributed by atoms with Crippen LogP contribution in [0.4, 0.5) is 0 Å². The maximum Gasteiger partial charge on any atom is 0.0644 e. The lowest BCUT2D eigenvalue weighted by molar-refractivity contribution is 0.700. The van der Waals surface area contributed by atoms with E-state index in [-0.39, 0.29) is 6.04 Å². The summed E-state index contributed by atoms with van der Waals surface area (Å²) >= 11 is 3.44. The van der Waals surface area contributed by atoms with Gasteiger partial charge < -0.3 is 5.73 Å². The van der Waals surface area contributed by atoms with Gasteiger partial charge in [-0.2, -0.15) is 5.10 Å². The first kappa shape index (κ1) is 13.3. The van der Waals surface area contributed by atoms with Crippen molar-refractivity contribution in [2.24, 2.45) is 12.8 Å². The van der Waals surface area contributed by atoms with Gasteiger partial charge >= 0.3 is 0 Å². The SMILES string of the molecule is Cc1nn(C)c(C)c1C(N)Cc1ccc(Br)cc1. The van der Waals surface area contributed by atoms with Crippen LogP contribution in [0.15, 0.2) is 28.7 Å². The molecule has 1 aromatic carbocycles. The third kappa shape index (κ3) is 2.65. The highest BCUT2D eigenvalue weighted by Crippen LogP contribution is 2.23. The molecule has 0 amide bonds. The first-order chi connectivity index (χ1) is 8.49. The van der Waals surface area contributed by atoms with Crippen molar-refractivity contribution in [3.8, 4) is 0 Å². The number of nitrogens with two attached hydrogens (primary N) is 1. The smallest absolute Gasteiger partial charge is 0.0644 e. The molecule has 18 heavy (non-hydrogen) atoms. The summed E-state index contributed by atoms with van der Waals surface area (Å²) < 4.78 is 2.99. The Hall–Kier alpha value is -1.13. The molecule has 0 radical (unpaired) electrons. The standard InChI is InChI=1S/C14H18BrN3/c1-9-14(10(2)18(3)17-9)13(16)8-11-4-6-12(15)7-5-11/h4-7,13H,8,16H2,1-3H3. The van der Waals surface area contributed by atoms with E-state index in [4.69, 9.17) is 5.73 Å². The van der Waals surface area contributed by atoms with Gasteiger partial charge in [0.15, 0.2) is 0 Å². The molecular weight excluding hydrogens is 290 g/mol. The topological polar surface area (TPSA) is 43.8 Å². The molecule has 1 atom stereocenters. The second kappa shape index (κ2) is 5.24. The second-order valence-electron chi connectivity index (χ2n) is 4.65. The predicted molar refractivity (Wildman–Crippen MR) is 77.5 cm³/mol. The van der Waals surface area contributed by atoms with E-state index in [0.29, 0.717) is 0 Å². The van der Waals surface area contributed by atoms with Gasteiger partial charge in [-0.1, -0.05) is 28.1 Å². The lowest BCUT2D eigenvalue weighted by Gasteiger charge is -2.12. The zero-order chi connectivity index (χ0) is 13.3. The van der Waals surface area contributed by atoms with Gasteiger partial charge in [0.25, 0.3) is 0 Å². The number of rotatable bonds is 3. The highest BCUT2D eigenvalue weighted by atomic mass is 79.9. The molecule has 2 N–H and O–H groups in total. The van der Waals surface area contributed by atoms with E-state index >= 15 is 0 Å². The van der Waals surface area contributed by atoms with Crippen LogP contribution < -0.4 is 5.73 Å². The van der Waals surface area contributed by atoms with Gasteiger partial charge in [-0.25, -0.2) is 0 Å². The molecule has 0 aliphatic rings. The molecule has 4 heteroatoms. The maximum absolute atomic E-state index is 6.32. The molecule has 0 aliphatic heterocycles. The third-order valence-corrected chi connectivity index (χ3v) is 3.83. The third-order valence-electron chi connectivity index (χ3n) is 3.30. The summed E-state index contributed by atoms with van der Waals surface area (Å²) in [6, 6.07) is 8.30. The molecule has 0 spiro atoms. The van der Waals surface area contributed by atoms with Crippen LogP contribution in [0.25, 0.3) is 0 Å². The quantitative estimate of drug-likeness (QED) is 0.947. The number of aromatic nitrogens is 2. The van der Waals surface area contributed by atoms with Crippen molar-refractivity contribution in [2.45, 2.75) is 26.3 Å². The van der Waals surface area contributed by atoms with Crippen molar-refractivity contribution in [3.63, 3.8) is 0 Å². The van der Waals surface area contributed by atoms with Crippen LogP contribution >= 0.6 is 15.9 Å². The number of halogens is 1. The van der Waals surface area contributed by atoms with E-state index in [1.165, 1.54) is 11.1 Å². The van der Waals surface area contributed by atoms with Crippen LogP contribution in [0.2, 0.25) is 0 Å².